The van der Waals surface area contributed by atoms with Crippen LogP contribution in [0.3, 0.4) is 0 Å². The zero-order chi connectivity index (χ0) is 27.7. The lowest BCUT2D eigenvalue weighted by Crippen LogP contribution is -2.49. The number of likely N-dealkylation sites (tertiary alicyclic amines) is 1. The fraction of sp³-hybridized carbons (Fsp3) is 0.615. The summed E-state index contributed by atoms with van der Waals surface area (Å²) in [6, 6.07) is 5.25. The number of nitrogens with zero attached hydrogens (tertiary/aromatic N) is 5. The maximum Gasteiger partial charge on any atom is 0.317 e. The molecule has 1 saturated heterocycles. The van der Waals surface area contributed by atoms with Crippen LogP contribution in [0.2, 0.25) is 0 Å². The molecule has 2 aliphatic heterocycles. The van der Waals surface area contributed by atoms with Gasteiger partial charge in [-0.25, -0.2) is 0 Å². The highest BCUT2D eigenvalue weighted by Gasteiger charge is 2.29. The number of hydrogen-bond donors (Lipinski definition) is 2. The van der Waals surface area contributed by atoms with Crippen LogP contribution in [-0.4, -0.2) is 116 Å². The molecule has 1 aromatic rings. The zero-order valence-corrected chi connectivity index (χ0v) is 21.9. The topological polar surface area (TPSA) is 152 Å². The van der Waals surface area contributed by atoms with Crippen LogP contribution < -0.4 is 0 Å². The Kier molecular flexibility index (Phi) is 10.9. The van der Waals surface area contributed by atoms with E-state index in [-0.39, 0.29) is 62.7 Å². The van der Waals surface area contributed by atoms with E-state index in [9.17, 15) is 34.2 Å². The van der Waals surface area contributed by atoms with Gasteiger partial charge >= 0.3 is 11.9 Å². The predicted molar refractivity (Wildman–Crippen MR) is 136 cm³/mol. The molecule has 3 rings (SSSR count). The number of carbonyl (C=O) groups is 5. The van der Waals surface area contributed by atoms with Gasteiger partial charge in [0.25, 0.3) is 0 Å². The van der Waals surface area contributed by atoms with Crippen molar-refractivity contribution in [3.63, 3.8) is 0 Å². The summed E-state index contributed by atoms with van der Waals surface area (Å²) < 4.78 is 0. The normalized spacial score (nSPS) is 20.2. The van der Waals surface area contributed by atoms with Crippen LogP contribution in [0.1, 0.15) is 50.4 Å². The molecule has 0 aromatic carbocycles. The maximum absolute atomic E-state index is 11.9. The number of amides is 2. The number of ketones is 1. The fourth-order valence-electron chi connectivity index (χ4n) is 5.08. The van der Waals surface area contributed by atoms with E-state index in [4.69, 9.17) is 4.98 Å². The van der Waals surface area contributed by atoms with Gasteiger partial charge in [0.1, 0.15) is 5.78 Å². The molecule has 0 saturated carbocycles. The third-order valence-electron chi connectivity index (χ3n) is 6.80. The first-order chi connectivity index (χ1) is 18.1. The molecule has 2 amide bonds. The molecule has 12 heteroatoms. The largest absolute Gasteiger partial charge is 0.480 e. The SMILES string of the molecule is CC(=O)CN1CCN(CC(=O)O)CC(CCCCN2C(=O)CCC2=O)N(CC(=O)O)Cc2cccc(n2)C1. The van der Waals surface area contributed by atoms with Gasteiger partial charge in [-0.15, -0.1) is 0 Å². The minimum Gasteiger partial charge on any atom is -0.480 e. The Labute approximate surface area is 222 Å². The summed E-state index contributed by atoms with van der Waals surface area (Å²) in [6.45, 7) is 3.43. The number of carboxylic acids is 2. The molecule has 3 heterocycles. The van der Waals surface area contributed by atoms with Gasteiger partial charge in [-0.3, -0.25) is 48.6 Å². The van der Waals surface area contributed by atoms with E-state index in [1.54, 1.807) is 4.90 Å². The highest BCUT2D eigenvalue weighted by atomic mass is 16.4. The number of hydrogen-bond acceptors (Lipinski definition) is 9. The predicted octanol–water partition coefficient (Wildman–Crippen LogP) is 0.447. The number of Topliss-reactive ketones (excluding diaryl/α,β-unsaturated/α-hetero) is 1. The number of carboxylic acid groups (broad SMARTS) is 2. The van der Waals surface area contributed by atoms with E-state index in [1.165, 1.54) is 11.8 Å². The number of pyridine rings is 1. The summed E-state index contributed by atoms with van der Waals surface area (Å²) in [7, 11) is 0. The minimum absolute atomic E-state index is 0.00138. The van der Waals surface area contributed by atoms with Gasteiger partial charge in [0.15, 0.2) is 0 Å². The second-order valence-corrected chi connectivity index (χ2v) is 10.0. The van der Waals surface area contributed by atoms with Gasteiger partial charge in [-0.2, -0.15) is 0 Å². The second-order valence-electron chi connectivity index (χ2n) is 10.0. The maximum atomic E-state index is 11.9. The van der Waals surface area contributed by atoms with E-state index in [0.29, 0.717) is 57.7 Å². The zero-order valence-electron chi connectivity index (χ0n) is 21.9. The minimum atomic E-state index is -0.996. The smallest absolute Gasteiger partial charge is 0.317 e. The molecule has 12 nitrogen and oxygen atoms in total. The lowest BCUT2D eigenvalue weighted by molar-refractivity contribution is -0.141. The molecule has 208 valence electrons. The molecule has 0 aliphatic carbocycles. The lowest BCUT2D eigenvalue weighted by atomic mass is 10.1. The number of rotatable bonds is 11. The Hall–Kier alpha value is -3.22. The quantitative estimate of drug-likeness (QED) is 0.302. The van der Waals surface area contributed by atoms with Crippen molar-refractivity contribution in [2.75, 3.05) is 45.8 Å². The Morgan fingerprint density at radius 1 is 0.895 bits per heavy atom. The summed E-state index contributed by atoms with van der Waals surface area (Å²) in [4.78, 5) is 70.7. The molecule has 2 bridgehead atoms. The van der Waals surface area contributed by atoms with Crippen LogP contribution >= 0.6 is 0 Å². The highest BCUT2D eigenvalue weighted by molar-refractivity contribution is 6.01. The molecule has 1 fully saturated rings. The van der Waals surface area contributed by atoms with Crippen molar-refractivity contribution in [1.82, 2.24) is 24.6 Å². The van der Waals surface area contributed by atoms with Crippen molar-refractivity contribution < 1.29 is 34.2 Å². The van der Waals surface area contributed by atoms with Gasteiger partial charge < -0.3 is 10.2 Å². The molecule has 1 aromatic heterocycles. The highest BCUT2D eigenvalue weighted by Crippen LogP contribution is 2.18. The van der Waals surface area contributed by atoms with Crippen molar-refractivity contribution in [3.05, 3.63) is 29.6 Å². The van der Waals surface area contributed by atoms with E-state index < -0.39 is 11.9 Å². The van der Waals surface area contributed by atoms with Gasteiger partial charge in [0.2, 0.25) is 11.8 Å². The van der Waals surface area contributed by atoms with Crippen molar-refractivity contribution in [2.45, 2.75) is 58.2 Å². The van der Waals surface area contributed by atoms with Crippen LogP contribution in [-0.2, 0) is 37.1 Å². The number of aromatic nitrogens is 1. The summed E-state index contributed by atoms with van der Waals surface area (Å²) in [5, 5.41) is 19.2. The molecule has 2 N–H and O–H groups in total. The number of carbonyl (C=O) groups excluding carboxylic acids is 3. The number of unbranched alkanes of at least 4 members (excludes halogenated alkanes) is 1. The number of aliphatic carboxylic acids is 2. The first-order valence-electron chi connectivity index (χ1n) is 13.0. The number of fused-ring (bicyclic) bond motifs is 2. The Morgan fingerprint density at radius 3 is 2.16 bits per heavy atom. The number of imide groups is 1. The molecule has 1 atom stereocenters. The van der Waals surface area contributed by atoms with Gasteiger partial charge in [-0.1, -0.05) is 12.5 Å². The standard InChI is InChI=1S/C26H37N5O7/c1-19(32)13-28-11-12-29(17-25(35)36)16-22(7-2-3-10-31-23(33)8-9-24(31)34)30(18-26(37)38)15-21-6-4-5-20(14-28)27-21/h4-6,22H,2-3,7-18H2,1H3,(H,35,36)(H,37,38). The monoisotopic (exact) mass is 531 g/mol. The van der Waals surface area contributed by atoms with Crippen LogP contribution in [0.5, 0.6) is 0 Å². The molecule has 0 spiro atoms. The van der Waals surface area contributed by atoms with E-state index in [0.717, 1.165) is 5.69 Å². The Bertz CT molecular complexity index is 1020. The summed E-state index contributed by atoms with van der Waals surface area (Å²) in [5.41, 5.74) is 1.44. The summed E-state index contributed by atoms with van der Waals surface area (Å²) >= 11 is 0. The van der Waals surface area contributed by atoms with E-state index in [1.807, 2.05) is 28.0 Å². The van der Waals surface area contributed by atoms with Crippen molar-refractivity contribution in [2.24, 2.45) is 0 Å². The first kappa shape index (κ1) is 29.3. The lowest BCUT2D eigenvalue weighted by Gasteiger charge is -2.36. The third-order valence-corrected chi connectivity index (χ3v) is 6.80. The Morgan fingerprint density at radius 2 is 1.53 bits per heavy atom. The average molecular weight is 532 g/mol. The van der Waals surface area contributed by atoms with Gasteiger partial charge in [0, 0.05) is 58.2 Å². The second kappa shape index (κ2) is 14.1. The van der Waals surface area contributed by atoms with Crippen LogP contribution in [0.25, 0.3) is 0 Å². The molecular weight excluding hydrogens is 494 g/mol. The summed E-state index contributed by atoms with van der Waals surface area (Å²) in [6.07, 6.45) is 2.24. The van der Waals surface area contributed by atoms with Gasteiger partial charge in [-0.05, 0) is 31.9 Å². The molecular formula is C26H37N5O7. The van der Waals surface area contributed by atoms with Gasteiger partial charge in [0.05, 0.1) is 31.0 Å². The molecule has 2 aliphatic rings. The fourth-order valence-corrected chi connectivity index (χ4v) is 5.08. The van der Waals surface area contributed by atoms with Crippen molar-refractivity contribution >= 4 is 29.5 Å². The third kappa shape index (κ3) is 9.26. The summed E-state index contributed by atoms with van der Waals surface area (Å²) in [5.74, 6) is -2.32. The van der Waals surface area contributed by atoms with Crippen molar-refractivity contribution in [1.29, 1.82) is 0 Å². The van der Waals surface area contributed by atoms with E-state index in [2.05, 4.69) is 0 Å². The van der Waals surface area contributed by atoms with Crippen molar-refractivity contribution in [3.8, 4) is 0 Å². The van der Waals surface area contributed by atoms with E-state index >= 15 is 0 Å². The molecule has 38 heavy (non-hydrogen) atoms. The van der Waals surface area contributed by atoms with Crippen LogP contribution in [0, 0.1) is 0 Å². The molecule has 0 radical (unpaired) electrons. The average Bonchev–Trinajstić information content (AvgIpc) is 3.14. The Balaban J connectivity index is 1.82. The first-order valence-corrected chi connectivity index (χ1v) is 13.0. The van der Waals surface area contributed by atoms with Crippen LogP contribution in [0.4, 0.5) is 0 Å². The molecule has 1 unspecified atom stereocenters. The van der Waals surface area contributed by atoms with Crippen LogP contribution in [0.15, 0.2) is 18.2 Å².